The molecule has 0 aromatic carbocycles. The quantitative estimate of drug-likeness (QED) is 0.0839. The third-order valence-electron chi connectivity index (χ3n) is 9.48. The zero-order valence-electron chi connectivity index (χ0n) is 39.3. The fourth-order valence-electron chi connectivity index (χ4n) is 5.67. The molecular formula is C53H80N4O4. The molecule has 0 spiro atoms. The Kier molecular flexibility index (Phi) is 36.3. The zero-order valence-corrected chi connectivity index (χ0v) is 39.3. The summed E-state index contributed by atoms with van der Waals surface area (Å²) in [6.45, 7) is 15.9. The van der Waals surface area contributed by atoms with E-state index in [-0.39, 0.29) is 35.7 Å². The fraction of sp³-hybridized carbons (Fsp3) is 0.698. The normalized spacial score (nSPS) is 11.8. The minimum absolute atomic E-state index is 0.148. The summed E-state index contributed by atoms with van der Waals surface area (Å²) in [5.41, 5.74) is 0. The van der Waals surface area contributed by atoms with Crippen LogP contribution in [0.2, 0.25) is 0 Å². The standard InChI is InChI=1S/C26H38N2O2.C14H19NO.C13H23NO/c1-4-5-15-19-26(30)28(23(2)3)22-17-14-12-10-8-6-7-9-11-13-16-18-25(29)27-24-20-21-24;1-2-3-4-5-6-7-8-9-10-14(16)15-13-11-12-13;1-5-7-9-10-13(15)14(12(3)4)11-8-6-2/h23-24H,4-5,7,10,13,15-22H2,1-3H3,(H,27,29);13H,2,5,8-12H2,1H3,(H,15,16);2,12H,5,7-11H2,1,3-4H3. The second-order valence-corrected chi connectivity index (χ2v) is 16.0. The molecule has 4 amide bonds. The van der Waals surface area contributed by atoms with E-state index < -0.39 is 0 Å². The second-order valence-electron chi connectivity index (χ2n) is 16.0. The molecule has 2 N–H and O–H groups in total. The molecule has 0 saturated heterocycles. The number of terminal acetylenes is 1. The fourth-order valence-corrected chi connectivity index (χ4v) is 5.67. The van der Waals surface area contributed by atoms with E-state index in [0.717, 1.165) is 96.3 Å². The van der Waals surface area contributed by atoms with Gasteiger partial charge in [-0.25, -0.2) is 0 Å². The van der Waals surface area contributed by atoms with E-state index >= 15 is 0 Å². The van der Waals surface area contributed by atoms with Crippen molar-refractivity contribution in [3.05, 3.63) is 0 Å². The van der Waals surface area contributed by atoms with Gasteiger partial charge in [0.1, 0.15) is 0 Å². The average Bonchev–Trinajstić information content (AvgIpc) is 4.18. The van der Waals surface area contributed by atoms with Crippen LogP contribution in [0.15, 0.2) is 0 Å². The summed E-state index contributed by atoms with van der Waals surface area (Å²) in [6, 6.07) is 1.39. The number of nitrogens with zero attached hydrogens (tertiary/aromatic N) is 2. The highest BCUT2D eigenvalue weighted by molar-refractivity contribution is 5.77. The molecule has 0 aromatic heterocycles. The Morgan fingerprint density at radius 3 is 1.25 bits per heavy atom. The predicted molar refractivity (Wildman–Crippen MR) is 253 cm³/mol. The largest absolute Gasteiger partial charge is 0.353 e. The van der Waals surface area contributed by atoms with Crippen LogP contribution in [0, 0.1) is 71.5 Å². The van der Waals surface area contributed by atoms with Crippen LogP contribution in [0.4, 0.5) is 0 Å². The van der Waals surface area contributed by atoms with Crippen LogP contribution in [0.1, 0.15) is 203 Å². The zero-order chi connectivity index (χ0) is 45.4. The monoisotopic (exact) mass is 837 g/mol. The lowest BCUT2D eigenvalue weighted by Gasteiger charge is -2.26. The van der Waals surface area contributed by atoms with E-state index in [0.29, 0.717) is 83.0 Å². The second kappa shape index (κ2) is 39.4. The van der Waals surface area contributed by atoms with Gasteiger partial charge in [-0.15, -0.1) is 36.0 Å². The number of rotatable bonds is 22. The van der Waals surface area contributed by atoms with Crippen LogP contribution in [-0.2, 0) is 19.2 Å². The molecule has 0 aliphatic heterocycles. The molecule has 2 rings (SSSR count). The molecule has 2 fully saturated rings. The highest BCUT2D eigenvalue weighted by Gasteiger charge is 2.23. The molecule has 61 heavy (non-hydrogen) atoms. The van der Waals surface area contributed by atoms with Crippen LogP contribution in [0.25, 0.3) is 0 Å². The molecule has 8 nitrogen and oxygen atoms in total. The molecule has 0 atom stereocenters. The molecule has 8 heteroatoms. The van der Waals surface area contributed by atoms with E-state index in [9.17, 15) is 19.2 Å². The first-order chi connectivity index (χ1) is 29.5. The number of amides is 4. The van der Waals surface area contributed by atoms with Crippen molar-refractivity contribution in [3.8, 4) is 71.5 Å². The van der Waals surface area contributed by atoms with Gasteiger partial charge >= 0.3 is 0 Å². The number of unbranched alkanes of at least 4 members (excludes halogenated alkanes) is 6. The maximum Gasteiger partial charge on any atom is 0.222 e. The SMILES string of the molecule is C#CCCN(C(=O)CCCCC)C(C)C.CCC#CCC#CCCCC(=O)NC1CC1.CCCCCC(=O)N(CCC#CCC#CCC#CCCCC(=O)NC1CC1)C(C)C. The first-order valence-electron chi connectivity index (χ1n) is 23.4. The van der Waals surface area contributed by atoms with Crippen molar-refractivity contribution in [2.75, 3.05) is 13.1 Å². The minimum Gasteiger partial charge on any atom is -0.353 e. The lowest BCUT2D eigenvalue weighted by molar-refractivity contribution is -0.133. The van der Waals surface area contributed by atoms with Gasteiger partial charge in [0, 0.05) is 95.0 Å². The molecule has 2 saturated carbocycles. The van der Waals surface area contributed by atoms with Crippen molar-refractivity contribution < 1.29 is 19.2 Å². The molecule has 0 heterocycles. The van der Waals surface area contributed by atoms with Gasteiger partial charge in [0.15, 0.2) is 0 Å². The lowest BCUT2D eigenvalue weighted by Crippen LogP contribution is -2.37. The highest BCUT2D eigenvalue weighted by Crippen LogP contribution is 2.19. The molecule has 0 radical (unpaired) electrons. The van der Waals surface area contributed by atoms with Gasteiger partial charge < -0.3 is 20.4 Å². The van der Waals surface area contributed by atoms with E-state index in [4.69, 9.17) is 6.42 Å². The summed E-state index contributed by atoms with van der Waals surface area (Å²) in [5, 5.41) is 5.94. The van der Waals surface area contributed by atoms with Crippen molar-refractivity contribution in [2.45, 2.75) is 227 Å². The van der Waals surface area contributed by atoms with Crippen LogP contribution < -0.4 is 10.6 Å². The number of nitrogens with one attached hydrogen (secondary N) is 2. The van der Waals surface area contributed by atoms with E-state index in [1.165, 1.54) is 0 Å². The van der Waals surface area contributed by atoms with Gasteiger partial charge in [0.25, 0.3) is 0 Å². The molecule has 0 unspecified atom stereocenters. The van der Waals surface area contributed by atoms with Crippen molar-refractivity contribution in [3.63, 3.8) is 0 Å². The summed E-state index contributed by atoms with van der Waals surface area (Å²) >= 11 is 0. The third kappa shape index (κ3) is 36.8. The van der Waals surface area contributed by atoms with Gasteiger partial charge in [0.05, 0.1) is 19.3 Å². The summed E-state index contributed by atoms with van der Waals surface area (Å²) in [6.07, 6.45) is 25.9. The number of carbonyl (C=O) groups excluding carboxylic acids is 4. The number of carbonyl (C=O) groups is 4. The van der Waals surface area contributed by atoms with E-state index in [1.54, 1.807) is 0 Å². The molecule has 2 aliphatic carbocycles. The first kappa shape index (κ1) is 56.2. The van der Waals surface area contributed by atoms with Gasteiger partial charge in [-0.05, 0) is 79.1 Å². The van der Waals surface area contributed by atoms with Crippen LogP contribution >= 0.6 is 0 Å². The van der Waals surface area contributed by atoms with Gasteiger partial charge in [-0.1, -0.05) is 82.0 Å². The third-order valence-corrected chi connectivity index (χ3v) is 9.48. The number of hydrogen-bond donors (Lipinski definition) is 2. The van der Waals surface area contributed by atoms with Crippen molar-refractivity contribution in [1.82, 2.24) is 20.4 Å². The molecule has 0 aromatic rings. The van der Waals surface area contributed by atoms with E-state index in [1.807, 2.05) is 30.6 Å². The molecule has 2 aliphatic rings. The van der Waals surface area contributed by atoms with Crippen LogP contribution in [0.5, 0.6) is 0 Å². The van der Waals surface area contributed by atoms with Crippen LogP contribution in [0.3, 0.4) is 0 Å². The first-order valence-corrected chi connectivity index (χ1v) is 23.4. The number of hydrogen-bond acceptors (Lipinski definition) is 4. The predicted octanol–water partition coefficient (Wildman–Crippen LogP) is 9.50. The Labute approximate surface area is 373 Å². The summed E-state index contributed by atoms with van der Waals surface area (Å²) in [7, 11) is 0. The Hall–Kier alpha value is -4.76. The topological polar surface area (TPSA) is 98.8 Å². The summed E-state index contributed by atoms with van der Waals surface area (Å²) in [4.78, 5) is 50.7. The van der Waals surface area contributed by atoms with Gasteiger partial charge in [0.2, 0.25) is 23.6 Å². The van der Waals surface area contributed by atoms with E-state index in [2.05, 4.69) is 103 Å². The minimum atomic E-state index is 0.148. The van der Waals surface area contributed by atoms with Crippen molar-refractivity contribution in [2.24, 2.45) is 0 Å². The Bertz CT molecular complexity index is 1610. The summed E-state index contributed by atoms with van der Waals surface area (Å²) in [5.74, 6) is 33.7. The van der Waals surface area contributed by atoms with Gasteiger partial charge in [-0.2, -0.15) is 0 Å². The van der Waals surface area contributed by atoms with Gasteiger partial charge in [-0.3, -0.25) is 19.2 Å². The lowest BCUT2D eigenvalue weighted by atomic mass is 10.1. The Balaban J connectivity index is 0.000000977. The summed E-state index contributed by atoms with van der Waals surface area (Å²) < 4.78 is 0. The van der Waals surface area contributed by atoms with Crippen molar-refractivity contribution in [1.29, 1.82) is 0 Å². The molecule has 0 bridgehead atoms. The average molecular weight is 837 g/mol. The van der Waals surface area contributed by atoms with Crippen molar-refractivity contribution >= 4 is 23.6 Å². The Morgan fingerprint density at radius 1 is 0.508 bits per heavy atom. The molecular weight excluding hydrogens is 757 g/mol. The highest BCUT2D eigenvalue weighted by atomic mass is 16.2. The van der Waals surface area contributed by atoms with Crippen LogP contribution in [-0.4, -0.2) is 70.7 Å². The Morgan fingerprint density at radius 2 is 0.885 bits per heavy atom. The smallest absolute Gasteiger partial charge is 0.222 e. The molecule has 336 valence electrons. The maximum absolute atomic E-state index is 12.3. The maximum atomic E-state index is 12.3.